The normalized spacial score (nSPS) is 9.89. The zero-order valence-corrected chi connectivity index (χ0v) is 14.9. The van der Waals surface area contributed by atoms with Crippen molar-refractivity contribution in [3.63, 3.8) is 0 Å². The van der Waals surface area contributed by atoms with Crippen molar-refractivity contribution in [3.05, 3.63) is 71.5 Å². The van der Waals surface area contributed by atoms with Gasteiger partial charge < -0.3 is 10.6 Å². The Labute approximate surface area is 158 Å². The van der Waals surface area contributed by atoms with E-state index in [2.05, 4.69) is 32.7 Å². The van der Waals surface area contributed by atoms with Gasteiger partial charge in [0.15, 0.2) is 0 Å². The molecule has 0 bridgehead atoms. The van der Waals surface area contributed by atoms with Gasteiger partial charge in [0.2, 0.25) is 0 Å². The first kappa shape index (κ1) is 17.9. The number of nitrogens with zero attached hydrogens (tertiary/aromatic N) is 4. The summed E-state index contributed by atoms with van der Waals surface area (Å²) in [5, 5.41) is 25.9. The molecule has 0 fully saturated rings. The van der Waals surface area contributed by atoms with Crippen molar-refractivity contribution in [1.82, 2.24) is 9.97 Å². The molecule has 132 valence electrons. The van der Waals surface area contributed by atoms with Crippen LogP contribution in [0.5, 0.6) is 0 Å². The first-order chi connectivity index (χ1) is 13.3. The average Bonchev–Trinajstić information content (AvgIpc) is 2.73. The van der Waals surface area contributed by atoms with Gasteiger partial charge in [-0.25, -0.2) is 4.98 Å². The molecule has 0 amide bonds. The van der Waals surface area contributed by atoms with Gasteiger partial charge in [-0.1, -0.05) is 36.4 Å². The second-order valence-corrected chi connectivity index (χ2v) is 5.77. The lowest BCUT2D eigenvalue weighted by molar-refractivity contribution is 1.07. The summed E-state index contributed by atoms with van der Waals surface area (Å²) in [6.45, 7) is 3.02. The Morgan fingerprint density at radius 2 is 1.63 bits per heavy atom. The highest BCUT2D eigenvalue weighted by atomic mass is 15.1. The fraction of sp³-hybridized carbons (Fsp3) is 0.143. The van der Waals surface area contributed by atoms with E-state index >= 15 is 0 Å². The molecule has 0 unspecified atom stereocenters. The number of pyridine rings is 2. The monoisotopic (exact) mass is 354 g/mol. The third-order valence-corrected chi connectivity index (χ3v) is 4.01. The van der Waals surface area contributed by atoms with Crippen LogP contribution in [0.25, 0.3) is 11.1 Å². The van der Waals surface area contributed by atoms with Crippen LogP contribution in [0.3, 0.4) is 0 Å². The van der Waals surface area contributed by atoms with E-state index in [1.165, 1.54) is 0 Å². The second-order valence-electron chi connectivity index (χ2n) is 5.77. The van der Waals surface area contributed by atoms with E-state index in [1.807, 2.05) is 49.4 Å². The molecule has 1 aromatic carbocycles. The summed E-state index contributed by atoms with van der Waals surface area (Å²) >= 11 is 0. The Morgan fingerprint density at radius 1 is 0.926 bits per heavy atom. The van der Waals surface area contributed by atoms with Gasteiger partial charge in [0.1, 0.15) is 34.9 Å². The van der Waals surface area contributed by atoms with Crippen molar-refractivity contribution in [1.29, 1.82) is 10.5 Å². The number of nitrogens with one attached hydrogen (secondary N) is 2. The molecule has 0 saturated heterocycles. The molecular formula is C21H18N6. The van der Waals surface area contributed by atoms with Gasteiger partial charge >= 0.3 is 0 Å². The molecule has 27 heavy (non-hydrogen) atoms. The number of benzene rings is 1. The predicted octanol–water partition coefficient (Wildman–Crippen LogP) is 3.93. The van der Waals surface area contributed by atoms with E-state index in [0.717, 1.165) is 11.1 Å². The highest BCUT2D eigenvalue weighted by Gasteiger charge is 2.21. The lowest BCUT2D eigenvalue weighted by Crippen LogP contribution is -2.10. The summed E-state index contributed by atoms with van der Waals surface area (Å²) in [4.78, 5) is 8.62. The van der Waals surface area contributed by atoms with Gasteiger partial charge in [0.25, 0.3) is 0 Å². The maximum absolute atomic E-state index is 9.83. The van der Waals surface area contributed by atoms with Crippen molar-refractivity contribution in [3.8, 4) is 23.3 Å². The van der Waals surface area contributed by atoms with Crippen LogP contribution in [0, 0.1) is 22.7 Å². The van der Waals surface area contributed by atoms with Crippen LogP contribution in [0.1, 0.15) is 23.6 Å². The predicted molar refractivity (Wildman–Crippen MR) is 105 cm³/mol. The van der Waals surface area contributed by atoms with Gasteiger partial charge in [-0.05, 0) is 24.1 Å². The van der Waals surface area contributed by atoms with Crippen LogP contribution in [0.15, 0.2) is 54.9 Å². The molecule has 3 rings (SSSR count). The highest BCUT2D eigenvalue weighted by Crippen LogP contribution is 2.35. The zero-order chi connectivity index (χ0) is 19.1. The number of hydrogen-bond donors (Lipinski definition) is 2. The van der Waals surface area contributed by atoms with Crippen molar-refractivity contribution >= 4 is 11.6 Å². The van der Waals surface area contributed by atoms with E-state index in [0.29, 0.717) is 41.4 Å². The molecule has 0 radical (unpaired) electrons. The molecule has 2 aromatic heterocycles. The highest BCUT2D eigenvalue weighted by molar-refractivity contribution is 5.85. The molecule has 0 aliphatic carbocycles. The standard InChI is InChI=1S/C21H18N6/c1-2-25-20-17(11-22)19(16-8-4-3-5-9-16)18(12-23)21(27-20)26-14-15-7-6-10-24-13-15/h3-10,13H,2,14H2,1H3,(H2,25,26,27). The number of rotatable bonds is 6. The molecule has 0 aliphatic rings. The lowest BCUT2D eigenvalue weighted by Gasteiger charge is -2.16. The van der Waals surface area contributed by atoms with E-state index < -0.39 is 0 Å². The quantitative estimate of drug-likeness (QED) is 0.696. The third kappa shape index (κ3) is 3.86. The average molecular weight is 354 g/mol. The van der Waals surface area contributed by atoms with Crippen LogP contribution < -0.4 is 10.6 Å². The van der Waals surface area contributed by atoms with Gasteiger partial charge in [-0.2, -0.15) is 10.5 Å². The van der Waals surface area contributed by atoms with E-state index in [4.69, 9.17) is 0 Å². The van der Waals surface area contributed by atoms with Crippen LogP contribution in [0.2, 0.25) is 0 Å². The van der Waals surface area contributed by atoms with Gasteiger partial charge in [0, 0.05) is 31.0 Å². The molecule has 3 aromatic rings. The molecule has 0 saturated carbocycles. The second kappa shape index (κ2) is 8.46. The fourth-order valence-electron chi connectivity index (χ4n) is 2.81. The van der Waals surface area contributed by atoms with Crippen molar-refractivity contribution in [2.45, 2.75) is 13.5 Å². The molecule has 2 heterocycles. The summed E-state index contributed by atoms with van der Waals surface area (Å²) in [7, 11) is 0. The van der Waals surface area contributed by atoms with Crippen molar-refractivity contribution in [2.75, 3.05) is 17.2 Å². The van der Waals surface area contributed by atoms with Gasteiger partial charge in [-0.3, -0.25) is 4.98 Å². The summed E-state index contributed by atoms with van der Waals surface area (Å²) in [6, 6.07) is 17.7. The maximum Gasteiger partial charge on any atom is 0.147 e. The number of anilines is 2. The first-order valence-corrected chi connectivity index (χ1v) is 8.58. The van der Waals surface area contributed by atoms with Gasteiger partial charge in [-0.15, -0.1) is 0 Å². The molecule has 6 heteroatoms. The summed E-state index contributed by atoms with van der Waals surface area (Å²) in [5.41, 5.74) is 3.07. The SMILES string of the molecule is CCNc1nc(NCc2cccnc2)c(C#N)c(-c2ccccc2)c1C#N. The van der Waals surface area contributed by atoms with Crippen LogP contribution in [0.4, 0.5) is 11.6 Å². The summed E-state index contributed by atoms with van der Waals surface area (Å²) in [5.74, 6) is 0.904. The molecule has 6 nitrogen and oxygen atoms in total. The van der Waals surface area contributed by atoms with Gasteiger partial charge in [0.05, 0.1) is 0 Å². The topological polar surface area (TPSA) is 97.4 Å². The Balaban J connectivity index is 2.14. The smallest absolute Gasteiger partial charge is 0.147 e. The lowest BCUT2D eigenvalue weighted by atomic mass is 9.96. The van der Waals surface area contributed by atoms with Crippen LogP contribution >= 0.6 is 0 Å². The molecule has 0 aliphatic heterocycles. The fourth-order valence-corrected chi connectivity index (χ4v) is 2.81. The summed E-state index contributed by atoms with van der Waals surface area (Å²) in [6.07, 6.45) is 3.47. The van der Waals surface area contributed by atoms with E-state index in [1.54, 1.807) is 12.4 Å². The zero-order valence-electron chi connectivity index (χ0n) is 14.9. The van der Waals surface area contributed by atoms with Crippen molar-refractivity contribution < 1.29 is 0 Å². The Bertz CT molecular complexity index is 1000. The molecule has 0 atom stereocenters. The third-order valence-electron chi connectivity index (χ3n) is 4.01. The van der Waals surface area contributed by atoms with E-state index in [-0.39, 0.29) is 0 Å². The molecule has 0 spiro atoms. The minimum Gasteiger partial charge on any atom is -0.369 e. The Hall–Kier alpha value is -3.90. The maximum atomic E-state index is 9.83. The summed E-state index contributed by atoms with van der Waals surface area (Å²) < 4.78 is 0. The van der Waals surface area contributed by atoms with Crippen LogP contribution in [-0.2, 0) is 6.54 Å². The Morgan fingerprint density at radius 3 is 2.22 bits per heavy atom. The van der Waals surface area contributed by atoms with E-state index in [9.17, 15) is 10.5 Å². The number of aromatic nitrogens is 2. The Kier molecular flexibility index (Phi) is 5.61. The molecule has 2 N–H and O–H groups in total. The minimum absolute atomic E-state index is 0.350. The number of nitriles is 2. The number of hydrogen-bond acceptors (Lipinski definition) is 6. The van der Waals surface area contributed by atoms with Crippen molar-refractivity contribution in [2.24, 2.45) is 0 Å². The first-order valence-electron chi connectivity index (χ1n) is 8.58. The van der Waals surface area contributed by atoms with Crippen LogP contribution in [-0.4, -0.2) is 16.5 Å². The minimum atomic E-state index is 0.350. The largest absolute Gasteiger partial charge is 0.369 e. The molecular weight excluding hydrogens is 336 g/mol.